The molecule has 0 aliphatic carbocycles. The van der Waals surface area contributed by atoms with E-state index < -0.39 is 0 Å². The summed E-state index contributed by atoms with van der Waals surface area (Å²) in [5, 5.41) is 3.47. The molecule has 2 aromatic rings. The van der Waals surface area contributed by atoms with Crippen molar-refractivity contribution in [1.82, 2.24) is 9.97 Å². The SMILES string of the molecule is CCNc1nc2ccc(N)cc2c(=O)[nH]1. The molecule has 1 aromatic carbocycles. The summed E-state index contributed by atoms with van der Waals surface area (Å²) in [6.07, 6.45) is 0. The van der Waals surface area contributed by atoms with E-state index in [2.05, 4.69) is 15.3 Å². The van der Waals surface area contributed by atoms with Crippen LogP contribution in [-0.2, 0) is 0 Å². The largest absolute Gasteiger partial charge is 0.399 e. The Morgan fingerprint density at radius 3 is 3.07 bits per heavy atom. The lowest BCUT2D eigenvalue weighted by Crippen LogP contribution is -2.13. The first-order valence-corrected chi connectivity index (χ1v) is 4.74. The molecule has 0 atom stereocenters. The monoisotopic (exact) mass is 204 g/mol. The van der Waals surface area contributed by atoms with Crippen molar-refractivity contribution in [2.45, 2.75) is 6.92 Å². The number of hydrogen-bond acceptors (Lipinski definition) is 4. The summed E-state index contributed by atoms with van der Waals surface area (Å²) < 4.78 is 0. The van der Waals surface area contributed by atoms with E-state index in [1.807, 2.05) is 6.92 Å². The Morgan fingerprint density at radius 1 is 1.53 bits per heavy atom. The molecule has 0 fully saturated rings. The van der Waals surface area contributed by atoms with Gasteiger partial charge in [-0.05, 0) is 25.1 Å². The predicted octanol–water partition coefficient (Wildman–Crippen LogP) is 0.937. The molecule has 0 spiro atoms. The Bertz CT molecular complexity index is 547. The minimum atomic E-state index is -0.178. The van der Waals surface area contributed by atoms with Crippen LogP contribution in [0, 0.1) is 0 Å². The van der Waals surface area contributed by atoms with Crippen molar-refractivity contribution < 1.29 is 0 Å². The molecule has 0 saturated heterocycles. The standard InChI is InChI=1S/C10H12N4O/c1-2-12-10-13-8-4-3-6(11)5-7(8)9(15)14-10/h3-5H,2,11H2,1H3,(H2,12,13,14,15). The van der Waals surface area contributed by atoms with Crippen LogP contribution in [0.1, 0.15) is 6.92 Å². The highest BCUT2D eigenvalue weighted by Gasteiger charge is 2.02. The fraction of sp³-hybridized carbons (Fsp3) is 0.200. The number of hydrogen-bond donors (Lipinski definition) is 3. The second kappa shape index (κ2) is 3.61. The van der Waals surface area contributed by atoms with Crippen LogP contribution >= 0.6 is 0 Å². The number of H-pyrrole nitrogens is 1. The highest BCUT2D eigenvalue weighted by atomic mass is 16.1. The molecular formula is C10H12N4O. The van der Waals surface area contributed by atoms with Crippen LogP contribution in [0.25, 0.3) is 10.9 Å². The topological polar surface area (TPSA) is 83.8 Å². The second-order valence-corrected chi connectivity index (χ2v) is 3.22. The summed E-state index contributed by atoms with van der Waals surface area (Å²) in [5.41, 5.74) is 6.62. The van der Waals surface area contributed by atoms with Gasteiger partial charge in [-0.15, -0.1) is 0 Å². The number of nitrogen functional groups attached to an aromatic ring is 1. The average molecular weight is 204 g/mol. The third kappa shape index (κ3) is 1.76. The van der Waals surface area contributed by atoms with E-state index in [-0.39, 0.29) is 5.56 Å². The number of nitrogens with two attached hydrogens (primary N) is 1. The highest BCUT2D eigenvalue weighted by molar-refractivity contribution is 5.81. The lowest BCUT2D eigenvalue weighted by Gasteiger charge is -2.03. The van der Waals surface area contributed by atoms with Crippen molar-refractivity contribution in [3.8, 4) is 0 Å². The normalized spacial score (nSPS) is 10.5. The highest BCUT2D eigenvalue weighted by Crippen LogP contribution is 2.12. The summed E-state index contributed by atoms with van der Waals surface area (Å²) >= 11 is 0. The third-order valence-electron chi connectivity index (χ3n) is 2.07. The molecule has 0 amide bonds. The summed E-state index contributed by atoms with van der Waals surface area (Å²) in [6, 6.07) is 5.09. The molecule has 0 saturated carbocycles. The Kier molecular flexibility index (Phi) is 2.29. The maximum atomic E-state index is 11.6. The van der Waals surface area contributed by atoms with E-state index in [0.29, 0.717) is 29.1 Å². The number of benzene rings is 1. The van der Waals surface area contributed by atoms with Crippen molar-refractivity contribution in [2.24, 2.45) is 0 Å². The van der Waals surface area contributed by atoms with Crippen LogP contribution in [0.4, 0.5) is 11.6 Å². The molecule has 2 rings (SSSR count). The van der Waals surface area contributed by atoms with Crippen molar-refractivity contribution in [3.05, 3.63) is 28.6 Å². The molecule has 78 valence electrons. The van der Waals surface area contributed by atoms with Crippen molar-refractivity contribution in [1.29, 1.82) is 0 Å². The minimum Gasteiger partial charge on any atom is -0.399 e. The van der Waals surface area contributed by atoms with Gasteiger partial charge in [0.2, 0.25) is 5.95 Å². The molecule has 0 aliphatic heterocycles. The van der Waals surface area contributed by atoms with E-state index in [4.69, 9.17) is 5.73 Å². The van der Waals surface area contributed by atoms with Crippen LogP contribution in [0.2, 0.25) is 0 Å². The number of aromatic amines is 1. The van der Waals surface area contributed by atoms with Gasteiger partial charge in [0.25, 0.3) is 5.56 Å². The zero-order valence-corrected chi connectivity index (χ0v) is 8.37. The van der Waals surface area contributed by atoms with Crippen molar-refractivity contribution in [3.63, 3.8) is 0 Å². The zero-order valence-electron chi connectivity index (χ0n) is 8.37. The van der Waals surface area contributed by atoms with Crippen LogP contribution in [-0.4, -0.2) is 16.5 Å². The molecule has 0 unspecified atom stereocenters. The molecule has 4 N–H and O–H groups in total. The van der Waals surface area contributed by atoms with Gasteiger partial charge < -0.3 is 11.1 Å². The first-order chi connectivity index (χ1) is 7.20. The summed E-state index contributed by atoms with van der Waals surface area (Å²) in [4.78, 5) is 18.5. The molecule has 5 nitrogen and oxygen atoms in total. The number of anilines is 2. The van der Waals surface area contributed by atoms with Gasteiger partial charge in [0.15, 0.2) is 0 Å². The number of aromatic nitrogens is 2. The molecule has 1 heterocycles. The van der Waals surface area contributed by atoms with E-state index in [0.717, 1.165) is 0 Å². The Morgan fingerprint density at radius 2 is 2.33 bits per heavy atom. The number of fused-ring (bicyclic) bond motifs is 1. The summed E-state index contributed by atoms with van der Waals surface area (Å²) in [7, 11) is 0. The van der Waals surface area contributed by atoms with Gasteiger partial charge in [-0.3, -0.25) is 9.78 Å². The molecule has 0 bridgehead atoms. The average Bonchev–Trinajstić information content (AvgIpc) is 2.20. The number of nitrogens with one attached hydrogen (secondary N) is 2. The van der Waals surface area contributed by atoms with Gasteiger partial charge >= 0.3 is 0 Å². The molecule has 5 heteroatoms. The molecule has 1 aromatic heterocycles. The van der Waals surface area contributed by atoms with E-state index in [1.165, 1.54) is 0 Å². The molecular weight excluding hydrogens is 192 g/mol. The van der Waals surface area contributed by atoms with Crippen LogP contribution in [0.5, 0.6) is 0 Å². The predicted molar refractivity (Wildman–Crippen MR) is 60.9 cm³/mol. The minimum absolute atomic E-state index is 0.178. The van der Waals surface area contributed by atoms with Gasteiger partial charge in [-0.25, -0.2) is 4.98 Å². The van der Waals surface area contributed by atoms with Crippen molar-refractivity contribution >= 4 is 22.5 Å². The van der Waals surface area contributed by atoms with Crippen LogP contribution in [0.15, 0.2) is 23.0 Å². The van der Waals surface area contributed by atoms with Gasteiger partial charge in [0.1, 0.15) is 0 Å². The van der Waals surface area contributed by atoms with Gasteiger partial charge in [-0.1, -0.05) is 0 Å². The molecule has 0 aliphatic rings. The summed E-state index contributed by atoms with van der Waals surface area (Å²) in [5.74, 6) is 0.486. The number of rotatable bonds is 2. The maximum Gasteiger partial charge on any atom is 0.260 e. The first-order valence-electron chi connectivity index (χ1n) is 4.74. The summed E-state index contributed by atoms with van der Waals surface area (Å²) in [6.45, 7) is 2.65. The second-order valence-electron chi connectivity index (χ2n) is 3.22. The third-order valence-corrected chi connectivity index (χ3v) is 2.07. The van der Waals surface area contributed by atoms with Crippen LogP contribution in [0.3, 0.4) is 0 Å². The Labute approximate surface area is 86.3 Å². The van der Waals surface area contributed by atoms with E-state index in [9.17, 15) is 4.79 Å². The fourth-order valence-corrected chi connectivity index (χ4v) is 1.41. The van der Waals surface area contributed by atoms with E-state index >= 15 is 0 Å². The van der Waals surface area contributed by atoms with Gasteiger partial charge in [0.05, 0.1) is 10.9 Å². The van der Waals surface area contributed by atoms with Gasteiger partial charge in [0, 0.05) is 12.2 Å². The lowest BCUT2D eigenvalue weighted by molar-refractivity contribution is 1.09. The van der Waals surface area contributed by atoms with E-state index in [1.54, 1.807) is 18.2 Å². The van der Waals surface area contributed by atoms with Crippen LogP contribution < -0.4 is 16.6 Å². The Balaban J connectivity index is 2.67. The zero-order chi connectivity index (χ0) is 10.8. The molecule has 0 radical (unpaired) electrons. The smallest absolute Gasteiger partial charge is 0.260 e. The quantitative estimate of drug-likeness (QED) is 0.635. The lowest BCUT2D eigenvalue weighted by atomic mass is 10.2. The Hall–Kier alpha value is -2.04. The maximum absolute atomic E-state index is 11.6. The van der Waals surface area contributed by atoms with Gasteiger partial charge in [-0.2, -0.15) is 0 Å². The number of nitrogens with zero attached hydrogens (tertiary/aromatic N) is 1. The molecule has 15 heavy (non-hydrogen) atoms. The fourth-order valence-electron chi connectivity index (χ4n) is 1.41. The van der Waals surface area contributed by atoms with Crippen molar-refractivity contribution in [2.75, 3.05) is 17.6 Å². The first kappa shape index (κ1) is 9.51.